The molecule has 150 valence electrons. The number of nitrogens with one attached hydrogen (secondary N) is 1. The highest BCUT2D eigenvalue weighted by Crippen LogP contribution is 2.43. The van der Waals surface area contributed by atoms with Crippen LogP contribution in [0.3, 0.4) is 0 Å². The predicted octanol–water partition coefficient (Wildman–Crippen LogP) is 4.13. The minimum Gasteiger partial charge on any atom is -0.486 e. The molecule has 28 heavy (non-hydrogen) atoms. The molecule has 2 aromatic rings. The van der Waals surface area contributed by atoms with Crippen LogP contribution in [-0.4, -0.2) is 27.4 Å². The van der Waals surface area contributed by atoms with Gasteiger partial charge in [-0.3, -0.25) is 0 Å². The Morgan fingerprint density at radius 2 is 1.71 bits per heavy atom. The number of benzene rings is 2. The molecule has 5 nitrogen and oxygen atoms in total. The van der Waals surface area contributed by atoms with Crippen LogP contribution in [0.1, 0.15) is 41.9 Å². The van der Waals surface area contributed by atoms with E-state index >= 15 is 0 Å². The van der Waals surface area contributed by atoms with Crippen molar-refractivity contribution in [2.24, 2.45) is 5.92 Å². The quantitative estimate of drug-likeness (QED) is 0.690. The third-order valence-corrected chi connectivity index (χ3v) is 5.30. The van der Waals surface area contributed by atoms with Crippen LogP contribution in [0.4, 0.5) is 4.39 Å². The van der Waals surface area contributed by atoms with Gasteiger partial charge in [-0.1, -0.05) is 12.1 Å². The summed E-state index contributed by atoms with van der Waals surface area (Å²) in [5.41, 5.74) is 2.54. The molecule has 2 aliphatic rings. The maximum atomic E-state index is 14.4. The molecule has 1 heterocycles. The molecular formula is C22H26FNO4. The van der Waals surface area contributed by atoms with Gasteiger partial charge in [-0.15, -0.1) is 0 Å². The Kier molecular flexibility index (Phi) is 5.80. The molecule has 1 fully saturated rings. The molecule has 0 spiro atoms. The molecule has 1 aliphatic carbocycles. The summed E-state index contributed by atoms with van der Waals surface area (Å²) < 4.78 is 36.3. The minimum atomic E-state index is -0.503. The van der Waals surface area contributed by atoms with E-state index in [-0.39, 0.29) is 11.9 Å². The zero-order chi connectivity index (χ0) is 19.5. The molecule has 6 heteroatoms. The fourth-order valence-corrected chi connectivity index (χ4v) is 3.70. The SMILES string of the molecule is COC(OC)c1ccc(F)c(CNC(c2ccc3c(c2)OCCO3)C2CC2)c1. The average Bonchev–Trinajstić information content (AvgIpc) is 3.56. The van der Waals surface area contributed by atoms with E-state index in [4.69, 9.17) is 18.9 Å². The normalized spacial score (nSPS) is 17.0. The highest BCUT2D eigenvalue weighted by atomic mass is 19.1. The maximum absolute atomic E-state index is 14.4. The number of halogens is 1. The van der Waals surface area contributed by atoms with E-state index in [0.29, 0.717) is 31.2 Å². The number of methoxy groups -OCH3 is 2. The molecule has 4 rings (SSSR count). The average molecular weight is 387 g/mol. The lowest BCUT2D eigenvalue weighted by molar-refractivity contribution is -0.106. The van der Waals surface area contributed by atoms with Crippen molar-refractivity contribution in [3.05, 3.63) is 58.9 Å². The first kappa shape index (κ1) is 19.2. The zero-order valence-electron chi connectivity index (χ0n) is 16.2. The van der Waals surface area contributed by atoms with Crippen LogP contribution >= 0.6 is 0 Å². The van der Waals surface area contributed by atoms with Crippen molar-refractivity contribution in [1.29, 1.82) is 0 Å². The molecule has 1 N–H and O–H groups in total. The molecule has 1 aliphatic heterocycles. The Morgan fingerprint density at radius 1 is 1.00 bits per heavy atom. The van der Waals surface area contributed by atoms with Crippen molar-refractivity contribution < 1.29 is 23.3 Å². The monoisotopic (exact) mass is 387 g/mol. The van der Waals surface area contributed by atoms with Crippen LogP contribution in [0.2, 0.25) is 0 Å². The van der Waals surface area contributed by atoms with Crippen LogP contribution < -0.4 is 14.8 Å². The first-order valence-corrected chi connectivity index (χ1v) is 9.66. The molecule has 1 atom stereocenters. The van der Waals surface area contributed by atoms with Gasteiger partial charge in [0.15, 0.2) is 17.8 Å². The zero-order valence-corrected chi connectivity index (χ0v) is 16.2. The molecule has 2 aromatic carbocycles. The van der Waals surface area contributed by atoms with Gasteiger partial charge in [0.05, 0.1) is 0 Å². The van der Waals surface area contributed by atoms with E-state index in [9.17, 15) is 4.39 Å². The van der Waals surface area contributed by atoms with E-state index in [2.05, 4.69) is 11.4 Å². The summed E-state index contributed by atoms with van der Waals surface area (Å²) >= 11 is 0. The van der Waals surface area contributed by atoms with Crippen LogP contribution in [0.5, 0.6) is 11.5 Å². The summed E-state index contributed by atoms with van der Waals surface area (Å²) in [5.74, 6) is 1.89. The van der Waals surface area contributed by atoms with Gasteiger partial charge in [-0.05, 0) is 48.6 Å². The second kappa shape index (κ2) is 8.47. The van der Waals surface area contributed by atoms with Crippen molar-refractivity contribution in [1.82, 2.24) is 5.32 Å². The lowest BCUT2D eigenvalue weighted by Crippen LogP contribution is -2.24. The Labute approximate surface area is 164 Å². The van der Waals surface area contributed by atoms with Crippen LogP contribution in [0, 0.1) is 11.7 Å². The van der Waals surface area contributed by atoms with Crippen molar-refractivity contribution in [2.75, 3.05) is 27.4 Å². The van der Waals surface area contributed by atoms with E-state index < -0.39 is 6.29 Å². The second-order valence-electron chi connectivity index (χ2n) is 7.25. The first-order chi connectivity index (χ1) is 13.7. The Morgan fingerprint density at radius 3 is 2.43 bits per heavy atom. The smallest absolute Gasteiger partial charge is 0.183 e. The fourth-order valence-electron chi connectivity index (χ4n) is 3.70. The summed E-state index contributed by atoms with van der Waals surface area (Å²) in [4.78, 5) is 0. The highest BCUT2D eigenvalue weighted by Gasteiger charge is 2.33. The van der Waals surface area contributed by atoms with Crippen molar-refractivity contribution in [3.63, 3.8) is 0 Å². The minimum absolute atomic E-state index is 0.152. The van der Waals surface area contributed by atoms with E-state index in [1.807, 2.05) is 12.1 Å². The molecule has 0 radical (unpaired) electrons. The van der Waals surface area contributed by atoms with Gasteiger partial charge in [-0.2, -0.15) is 0 Å². The van der Waals surface area contributed by atoms with E-state index in [1.165, 1.54) is 18.9 Å². The third-order valence-electron chi connectivity index (χ3n) is 5.30. The molecule has 0 saturated heterocycles. The van der Waals surface area contributed by atoms with Crippen molar-refractivity contribution >= 4 is 0 Å². The van der Waals surface area contributed by atoms with Gasteiger partial charge in [0.25, 0.3) is 0 Å². The summed E-state index contributed by atoms with van der Waals surface area (Å²) in [6.07, 6.45) is 1.84. The third kappa shape index (κ3) is 4.14. The van der Waals surface area contributed by atoms with Crippen molar-refractivity contribution in [2.45, 2.75) is 31.7 Å². The Hall–Kier alpha value is -2.15. The number of ether oxygens (including phenoxy) is 4. The number of fused-ring (bicyclic) bond motifs is 1. The predicted molar refractivity (Wildman–Crippen MR) is 103 cm³/mol. The topological polar surface area (TPSA) is 49.0 Å². The standard InChI is InChI=1S/C22H26FNO4/c1-25-22(26-2)16-5-7-18(23)17(11-16)13-24-21(14-3-4-14)15-6-8-19-20(12-15)28-10-9-27-19/h5-8,11-12,14,21-22,24H,3-4,9-10,13H2,1-2H3. The summed E-state index contributed by atoms with van der Waals surface area (Å²) in [7, 11) is 3.14. The summed E-state index contributed by atoms with van der Waals surface area (Å²) in [5, 5.41) is 3.55. The van der Waals surface area contributed by atoms with E-state index in [1.54, 1.807) is 26.4 Å². The lowest BCUT2D eigenvalue weighted by atomic mass is 10.0. The van der Waals surface area contributed by atoms with Crippen LogP contribution in [0.25, 0.3) is 0 Å². The van der Waals surface area contributed by atoms with Gasteiger partial charge in [0, 0.05) is 37.9 Å². The first-order valence-electron chi connectivity index (χ1n) is 9.66. The van der Waals surface area contributed by atoms with Crippen LogP contribution in [0.15, 0.2) is 36.4 Å². The highest BCUT2D eigenvalue weighted by molar-refractivity contribution is 5.45. The Bertz CT molecular complexity index is 820. The van der Waals surface area contributed by atoms with Gasteiger partial charge < -0.3 is 24.3 Å². The number of rotatable bonds is 8. The summed E-state index contributed by atoms with van der Waals surface area (Å²) in [6, 6.07) is 11.2. The van der Waals surface area contributed by atoms with Gasteiger partial charge in [-0.25, -0.2) is 4.39 Å². The number of hydrogen-bond acceptors (Lipinski definition) is 5. The van der Waals surface area contributed by atoms with Gasteiger partial charge >= 0.3 is 0 Å². The fraction of sp³-hybridized carbons (Fsp3) is 0.455. The summed E-state index contributed by atoms with van der Waals surface area (Å²) in [6.45, 7) is 1.57. The second-order valence-corrected chi connectivity index (χ2v) is 7.25. The number of hydrogen-bond donors (Lipinski definition) is 1. The largest absolute Gasteiger partial charge is 0.486 e. The molecule has 1 unspecified atom stereocenters. The lowest BCUT2D eigenvalue weighted by Gasteiger charge is -2.23. The van der Waals surface area contributed by atoms with Crippen LogP contribution in [-0.2, 0) is 16.0 Å². The Balaban J connectivity index is 1.51. The van der Waals surface area contributed by atoms with E-state index in [0.717, 1.165) is 22.6 Å². The van der Waals surface area contributed by atoms with Gasteiger partial charge in [0.2, 0.25) is 0 Å². The molecule has 0 amide bonds. The van der Waals surface area contributed by atoms with Crippen molar-refractivity contribution in [3.8, 4) is 11.5 Å². The molecule has 0 bridgehead atoms. The molecular weight excluding hydrogens is 361 g/mol. The molecule has 1 saturated carbocycles. The van der Waals surface area contributed by atoms with Gasteiger partial charge in [0.1, 0.15) is 19.0 Å². The maximum Gasteiger partial charge on any atom is 0.183 e. The molecule has 0 aromatic heterocycles.